The van der Waals surface area contributed by atoms with Crippen LogP contribution >= 0.6 is 24.0 Å². The number of guanidine groups is 1. The number of rotatable bonds is 8. The van der Waals surface area contributed by atoms with Crippen molar-refractivity contribution in [3.05, 3.63) is 53.9 Å². The number of aliphatic imine (C=N–C) groups is 1. The number of nitrogens with zero attached hydrogens (tertiary/aromatic N) is 2. The summed E-state index contributed by atoms with van der Waals surface area (Å²) in [6.07, 6.45) is 3.17. The lowest BCUT2D eigenvalue weighted by molar-refractivity contribution is 0.0954. The molecule has 1 aromatic carbocycles. The Hall–Kier alpha value is -2.56. The fourth-order valence-electron chi connectivity index (χ4n) is 2.35. The average molecular weight is 499 g/mol. The first-order chi connectivity index (χ1) is 13.2. The minimum Gasteiger partial charge on any atom is -0.493 e. The van der Waals surface area contributed by atoms with Crippen LogP contribution in [0, 0.1) is 0 Å². The molecule has 0 bridgehead atoms. The smallest absolute Gasteiger partial charge is 0.252 e. The van der Waals surface area contributed by atoms with Crippen LogP contribution in [-0.2, 0) is 6.54 Å². The predicted molar refractivity (Wildman–Crippen MR) is 120 cm³/mol. The van der Waals surface area contributed by atoms with Crippen LogP contribution in [0.3, 0.4) is 0 Å². The molecule has 0 atom stereocenters. The highest BCUT2D eigenvalue weighted by atomic mass is 127. The molecule has 0 aliphatic heterocycles. The Morgan fingerprint density at radius 2 is 1.82 bits per heavy atom. The topological polar surface area (TPSA) is 96.9 Å². The first-order valence-corrected chi connectivity index (χ1v) is 8.51. The van der Waals surface area contributed by atoms with Crippen LogP contribution in [0.2, 0.25) is 0 Å². The van der Waals surface area contributed by atoms with Gasteiger partial charge in [-0.15, -0.1) is 24.0 Å². The van der Waals surface area contributed by atoms with Crippen molar-refractivity contribution in [1.82, 2.24) is 20.9 Å². The molecule has 0 saturated heterocycles. The van der Waals surface area contributed by atoms with E-state index in [1.54, 1.807) is 39.6 Å². The summed E-state index contributed by atoms with van der Waals surface area (Å²) in [5, 5.41) is 9.19. The van der Waals surface area contributed by atoms with Crippen molar-refractivity contribution in [1.29, 1.82) is 0 Å². The number of hydrogen-bond acceptors (Lipinski definition) is 5. The van der Waals surface area contributed by atoms with Gasteiger partial charge in [0.25, 0.3) is 5.91 Å². The van der Waals surface area contributed by atoms with Crippen LogP contribution in [-0.4, -0.2) is 51.2 Å². The van der Waals surface area contributed by atoms with Crippen molar-refractivity contribution >= 4 is 35.8 Å². The lowest BCUT2D eigenvalue weighted by Gasteiger charge is -2.14. The van der Waals surface area contributed by atoms with E-state index in [9.17, 15) is 4.79 Å². The first-order valence-electron chi connectivity index (χ1n) is 8.51. The number of halogens is 1. The number of hydrogen-bond donors (Lipinski definition) is 3. The largest absolute Gasteiger partial charge is 0.493 e. The van der Waals surface area contributed by atoms with Gasteiger partial charge in [-0.05, 0) is 29.8 Å². The number of carbonyl (C=O) groups excluding carboxylic acids is 1. The lowest BCUT2D eigenvalue weighted by Crippen LogP contribution is -2.41. The molecule has 2 rings (SSSR count). The zero-order chi connectivity index (χ0) is 19.5. The third kappa shape index (κ3) is 7.22. The van der Waals surface area contributed by atoms with Crippen molar-refractivity contribution in [2.45, 2.75) is 6.54 Å². The summed E-state index contributed by atoms with van der Waals surface area (Å²) in [5.41, 5.74) is 1.56. The highest BCUT2D eigenvalue weighted by Gasteiger charge is 2.06. The predicted octanol–water partition coefficient (Wildman–Crippen LogP) is 1.81. The van der Waals surface area contributed by atoms with Crippen LogP contribution in [0.25, 0.3) is 0 Å². The minimum atomic E-state index is -0.154. The van der Waals surface area contributed by atoms with Gasteiger partial charge in [0.1, 0.15) is 0 Å². The highest BCUT2D eigenvalue weighted by Crippen LogP contribution is 2.27. The molecule has 1 aromatic heterocycles. The molecule has 1 amide bonds. The van der Waals surface area contributed by atoms with Gasteiger partial charge in [0.05, 0.1) is 19.8 Å². The van der Waals surface area contributed by atoms with Gasteiger partial charge < -0.3 is 25.4 Å². The van der Waals surface area contributed by atoms with Gasteiger partial charge in [-0.1, -0.05) is 6.07 Å². The molecular weight excluding hydrogens is 473 g/mol. The molecule has 2 aromatic rings. The molecule has 0 aliphatic rings. The van der Waals surface area contributed by atoms with Crippen molar-refractivity contribution in [2.24, 2.45) is 4.99 Å². The Morgan fingerprint density at radius 1 is 1.07 bits per heavy atom. The van der Waals surface area contributed by atoms with Crippen LogP contribution in [0.5, 0.6) is 11.5 Å². The van der Waals surface area contributed by atoms with E-state index >= 15 is 0 Å². The molecule has 0 spiro atoms. The maximum atomic E-state index is 11.9. The van der Waals surface area contributed by atoms with Crippen molar-refractivity contribution in [2.75, 3.05) is 34.4 Å². The van der Waals surface area contributed by atoms with Crippen molar-refractivity contribution in [3.63, 3.8) is 0 Å². The Morgan fingerprint density at radius 3 is 2.46 bits per heavy atom. The summed E-state index contributed by atoms with van der Waals surface area (Å²) in [5.74, 6) is 1.85. The van der Waals surface area contributed by atoms with E-state index in [1.807, 2.05) is 18.2 Å². The molecule has 28 heavy (non-hydrogen) atoms. The third-order valence-corrected chi connectivity index (χ3v) is 3.76. The second-order valence-corrected chi connectivity index (χ2v) is 5.54. The number of methoxy groups -OCH3 is 2. The molecule has 0 radical (unpaired) electrons. The Kier molecular flexibility index (Phi) is 10.7. The van der Waals surface area contributed by atoms with E-state index in [0.29, 0.717) is 42.7 Å². The van der Waals surface area contributed by atoms with Crippen LogP contribution in [0.15, 0.2) is 47.7 Å². The van der Waals surface area contributed by atoms with Crippen LogP contribution in [0.1, 0.15) is 15.9 Å². The van der Waals surface area contributed by atoms with Crippen molar-refractivity contribution < 1.29 is 14.3 Å². The molecule has 0 unspecified atom stereocenters. The van der Waals surface area contributed by atoms with E-state index in [1.165, 1.54) is 6.20 Å². The maximum Gasteiger partial charge on any atom is 0.252 e. The van der Waals surface area contributed by atoms with E-state index < -0.39 is 0 Å². The van der Waals surface area contributed by atoms with E-state index in [-0.39, 0.29) is 29.9 Å². The quantitative estimate of drug-likeness (QED) is 0.222. The monoisotopic (exact) mass is 499 g/mol. The van der Waals surface area contributed by atoms with E-state index in [2.05, 4.69) is 25.9 Å². The summed E-state index contributed by atoms with van der Waals surface area (Å²) in [6, 6.07) is 9.18. The second-order valence-electron chi connectivity index (χ2n) is 5.54. The average Bonchev–Trinajstić information content (AvgIpc) is 2.73. The maximum absolute atomic E-state index is 11.9. The van der Waals surface area contributed by atoms with E-state index in [0.717, 1.165) is 5.56 Å². The number of carbonyl (C=O) groups is 1. The molecule has 1 heterocycles. The van der Waals surface area contributed by atoms with Gasteiger partial charge in [0, 0.05) is 39.1 Å². The van der Waals surface area contributed by atoms with Gasteiger partial charge >= 0.3 is 0 Å². The lowest BCUT2D eigenvalue weighted by atomic mass is 10.2. The summed E-state index contributed by atoms with van der Waals surface area (Å²) < 4.78 is 10.5. The molecule has 0 saturated carbocycles. The standard InChI is InChI=1S/C19H25N5O3.HI/c1-20-19(23-10-9-22-18(25)15-5-4-8-21-13-15)24-12-14-6-7-16(26-2)17(11-14)27-3;/h4-8,11,13H,9-10,12H2,1-3H3,(H,22,25)(H2,20,23,24);1H. The zero-order valence-corrected chi connectivity index (χ0v) is 18.5. The molecule has 152 valence electrons. The number of ether oxygens (including phenoxy) is 2. The fraction of sp³-hybridized carbons (Fsp3) is 0.316. The summed E-state index contributed by atoms with van der Waals surface area (Å²) in [7, 11) is 4.90. The minimum absolute atomic E-state index is 0. The molecule has 3 N–H and O–H groups in total. The van der Waals surface area contributed by atoms with E-state index in [4.69, 9.17) is 9.47 Å². The Balaban J connectivity index is 0.00000392. The molecule has 0 fully saturated rings. The van der Waals surface area contributed by atoms with Crippen molar-refractivity contribution in [3.8, 4) is 11.5 Å². The number of aromatic nitrogens is 1. The Labute approximate surface area is 182 Å². The SMILES string of the molecule is CN=C(NCCNC(=O)c1cccnc1)NCc1ccc(OC)c(OC)c1.I. The fourth-order valence-corrected chi connectivity index (χ4v) is 2.35. The van der Waals surface area contributed by atoms with Gasteiger partial charge in [-0.3, -0.25) is 14.8 Å². The van der Waals surface area contributed by atoms with Gasteiger partial charge in [-0.2, -0.15) is 0 Å². The summed E-state index contributed by atoms with van der Waals surface area (Å²) in [4.78, 5) is 20.0. The van der Waals surface area contributed by atoms with Crippen LogP contribution in [0.4, 0.5) is 0 Å². The zero-order valence-electron chi connectivity index (χ0n) is 16.2. The number of nitrogens with one attached hydrogen (secondary N) is 3. The number of amides is 1. The van der Waals surface area contributed by atoms with Gasteiger partial charge in [-0.25, -0.2) is 0 Å². The highest BCUT2D eigenvalue weighted by molar-refractivity contribution is 14.0. The summed E-state index contributed by atoms with van der Waals surface area (Å²) >= 11 is 0. The second kappa shape index (κ2) is 12.8. The number of benzene rings is 1. The van der Waals surface area contributed by atoms with Gasteiger partial charge in [0.2, 0.25) is 0 Å². The summed E-state index contributed by atoms with van der Waals surface area (Å²) in [6.45, 7) is 1.57. The molecule has 0 aliphatic carbocycles. The van der Waals surface area contributed by atoms with Crippen LogP contribution < -0.4 is 25.4 Å². The first kappa shape index (κ1) is 23.5. The van der Waals surface area contributed by atoms with Gasteiger partial charge in [0.15, 0.2) is 17.5 Å². The third-order valence-electron chi connectivity index (χ3n) is 3.76. The Bertz CT molecular complexity index is 771. The normalized spacial score (nSPS) is 10.5. The molecule has 8 nitrogen and oxygen atoms in total. The molecular formula is C19H26IN5O3. The molecule has 9 heteroatoms. The number of pyridine rings is 1.